The van der Waals surface area contributed by atoms with Crippen molar-refractivity contribution >= 4 is 6.09 Å². The minimum Gasteiger partial charge on any atom is -0.444 e. The summed E-state index contributed by atoms with van der Waals surface area (Å²) in [6.45, 7) is 7.78. The van der Waals surface area contributed by atoms with Crippen LogP contribution in [0.5, 0.6) is 0 Å². The number of amides is 1. The van der Waals surface area contributed by atoms with Gasteiger partial charge in [-0.1, -0.05) is 6.92 Å². The summed E-state index contributed by atoms with van der Waals surface area (Å²) in [4.78, 5) is 11.9. The third-order valence-electron chi connectivity index (χ3n) is 4.22. The third kappa shape index (κ3) is 5.76. The van der Waals surface area contributed by atoms with Crippen molar-refractivity contribution in [1.82, 2.24) is 5.32 Å². The number of ether oxygens (including phenoxy) is 3. The SMILES string of the molecule is CCC1CCC(OC2CCC[C@H](NC(=O)OC(C)(C)C)C2)O1. The molecule has 2 rings (SSSR count). The van der Waals surface area contributed by atoms with Crippen molar-refractivity contribution < 1.29 is 19.0 Å². The van der Waals surface area contributed by atoms with Gasteiger partial charge in [0.25, 0.3) is 0 Å². The first-order valence-corrected chi connectivity index (χ1v) is 8.66. The molecule has 0 aromatic rings. The van der Waals surface area contributed by atoms with Gasteiger partial charge < -0.3 is 19.5 Å². The number of hydrogen-bond donors (Lipinski definition) is 1. The fourth-order valence-electron chi connectivity index (χ4n) is 3.16. The molecule has 0 bridgehead atoms. The lowest BCUT2D eigenvalue weighted by atomic mass is 9.93. The molecule has 0 radical (unpaired) electrons. The van der Waals surface area contributed by atoms with Crippen LogP contribution in [0.25, 0.3) is 0 Å². The smallest absolute Gasteiger partial charge is 0.407 e. The van der Waals surface area contributed by atoms with E-state index in [9.17, 15) is 4.79 Å². The first-order chi connectivity index (χ1) is 10.4. The molecule has 2 fully saturated rings. The number of alkyl carbamates (subject to hydrolysis) is 1. The molecule has 3 unspecified atom stereocenters. The van der Waals surface area contributed by atoms with Crippen molar-refractivity contribution in [3.63, 3.8) is 0 Å². The second kappa shape index (κ2) is 7.64. The second-order valence-corrected chi connectivity index (χ2v) is 7.44. The molecule has 5 nitrogen and oxygen atoms in total. The monoisotopic (exact) mass is 313 g/mol. The summed E-state index contributed by atoms with van der Waals surface area (Å²) in [6.07, 6.45) is 7.20. The fourth-order valence-corrected chi connectivity index (χ4v) is 3.16. The van der Waals surface area contributed by atoms with Crippen molar-refractivity contribution in [3.8, 4) is 0 Å². The molecular formula is C17H31NO4. The number of carbonyl (C=O) groups is 1. The summed E-state index contributed by atoms with van der Waals surface area (Å²) in [5.74, 6) is 0. The van der Waals surface area contributed by atoms with Gasteiger partial charge in [0.05, 0.1) is 12.2 Å². The normalized spacial score (nSPS) is 32.7. The Bertz CT molecular complexity index is 366. The Morgan fingerprint density at radius 3 is 2.64 bits per heavy atom. The summed E-state index contributed by atoms with van der Waals surface area (Å²) in [5, 5.41) is 2.97. The summed E-state index contributed by atoms with van der Waals surface area (Å²) in [7, 11) is 0. The molecule has 0 aromatic heterocycles. The fraction of sp³-hybridized carbons (Fsp3) is 0.941. The first-order valence-electron chi connectivity index (χ1n) is 8.66. The molecule has 0 spiro atoms. The van der Waals surface area contributed by atoms with Crippen molar-refractivity contribution in [2.75, 3.05) is 0 Å². The zero-order chi connectivity index (χ0) is 16.2. The van der Waals surface area contributed by atoms with Gasteiger partial charge in [0.1, 0.15) is 5.60 Å². The van der Waals surface area contributed by atoms with Crippen LogP contribution in [0.4, 0.5) is 4.79 Å². The van der Waals surface area contributed by atoms with Crippen LogP contribution < -0.4 is 5.32 Å². The van der Waals surface area contributed by atoms with Crippen LogP contribution >= 0.6 is 0 Å². The quantitative estimate of drug-likeness (QED) is 0.858. The molecule has 1 aliphatic carbocycles. The van der Waals surface area contributed by atoms with Crippen LogP contribution in [0.15, 0.2) is 0 Å². The van der Waals surface area contributed by atoms with Crippen molar-refractivity contribution in [2.24, 2.45) is 0 Å². The molecule has 2 aliphatic rings. The van der Waals surface area contributed by atoms with E-state index >= 15 is 0 Å². The van der Waals surface area contributed by atoms with Crippen LogP contribution in [-0.2, 0) is 14.2 Å². The second-order valence-electron chi connectivity index (χ2n) is 7.44. The average Bonchev–Trinajstić information content (AvgIpc) is 2.84. The van der Waals surface area contributed by atoms with E-state index in [1.165, 1.54) is 0 Å². The maximum Gasteiger partial charge on any atom is 0.407 e. The highest BCUT2D eigenvalue weighted by Gasteiger charge is 2.31. The first kappa shape index (κ1) is 17.5. The Morgan fingerprint density at radius 1 is 1.23 bits per heavy atom. The van der Waals surface area contributed by atoms with Crippen LogP contribution in [-0.4, -0.2) is 36.2 Å². The van der Waals surface area contributed by atoms with E-state index in [0.29, 0.717) is 6.10 Å². The van der Waals surface area contributed by atoms with Crippen LogP contribution in [0.2, 0.25) is 0 Å². The molecule has 22 heavy (non-hydrogen) atoms. The molecule has 128 valence electrons. The van der Waals surface area contributed by atoms with E-state index < -0.39 is 5.60 Å². The molecule has 5 heteroatoms. The van der Waals surface area contributed by atoms with Gasteiger partial charge in [-0.3, -0.25) is 0 Å². The highest BCUT2D eigenvalue weighted by molar-refractivity contribution is 5.68. The molecule has 4 atom stereocenters. The van der Waals surface area contributed by atoms with Crippen LogP contribution in [0.3, 0.4) is 0 Å². The largest absolute Gasteiger partial charge is 0.444 e. The minimum absolute atomic E-state index is 0.0600. The summed E-state index contributed by atoms with van der Waals surface area (Å²) >= 11 is 0. The molecule has 1 saturated heterocycles. The van der Waals surface area contributed by atoms with Gasteiger partial charge >= 0.3 is 6.09 Å². The molecule has 1 aliphatic heterocycles. The van der Waals surface area contributed by atoms with E-state index in [-0.39, 0.29) is 24.5 Å². The van der Waals surface area contributed by atoms with Gasteiger partial charge in [0.2, 0.25) is 0 Å². The predicted octanol–water partition coefficient (Wildman–Crippen LogP) is 3.75. The van der Waals surface area contributed by atoms with Gasteiger partial charge in [-0.15, -0.1) is 0 Å². The third-order valence-corrected chi connectivity index (χ3v) is 4.22. The van der Waals surface area contributed by atoms with E-state index in [4.69, 9.17) is 14.2 Å². The highest BCUT2D eigenvalue weighted by atomic mass is 16.7. The Hall–Kier alpha value is -0.810. The van der Waals surface area contributed by atoms with Gasteiger partial charge in [-0.25, -0.2) is 4.79 Å². The van der Waals surface area contributed by atoms with Crippen molar-refractivity contribution in [3.05, 3.63) is 0 Å². The minimum atomic E-state index is -0.457. The van der Waals surface area contributed by atoms with E-state index in [1.54, 1.807) is 0 Å². The molecule has 1 N–H and O–H groups in total. The van der Waals surface area contributed by atoms with Crippen LogP contribution in [0.1, 0.15) is 72.6 Å². The zero-order valence-electron chi connectivity index (χ0n) is 14.4. The van der Waals surface area contributed by atoms with Gasteiger partial charge in [0, 0.05) is 12.5 Å². The summed E-state index contributed by atoms with van der Waals surface area (Å²) in [5.41, 5.74) is -0.457. The Labute approximate surface area is 134 Å². The molecule has 1 saturated carbocycles. The summed E-state index contributed by atoms with van der Waals surface area (Å²) < 4.78 is 17.3. The Morgan fingerprint density at radius 2 is 2.00 bits per heavy atom. The molecular weight excluding hydrogens is 282 g/mol. The van der Waals surface area contributed by atoms with E-state index in [2.05, 4.69) is 12.2 Å². The van der Waals surface area contributed by atoms with E-state index in [0.717, 1.165) is 44.9 Å². The zero-order valence-corrected chi connectivity index (χ0v) is 14.4. The lowest BCUT2D eigenvalue weighted by Crippen LogP contribution is -2.43. The van der Waals surface area contributed by atoms with Gasteiger partial charge in [-0.05, 0) is 59.3 Å². The lowest BCUT2D eigenvalue weighted by molar-refractivity contribution is -0.169. The lowest BCUT2D eigenvalue weighted by Gasteiger charge is -2.32. The highest BCUT2D eigenvalue weighted by Crippen LogP contribution is 2.28. The summed E-state index contributed by atoms with van der Waals surface area (Å²) in [6, 6.07) is 0.136. The standard InChI is InChI=1S/C17H31NO4/c1-5-13-9-10-15(20-13)21-14-8-6-7-12(11-14)18-16(19)22-17(2,3)4/h12-15H,5-11H2,1-4H3,(H,18,19)/t12-,13?,14?,15?/m0/s1. The molecule has 1 heterocycles. The molecule has 0 aromatic carbocycles. The number of carbonyl (C=O) groups excluding carboxylic acids is 1. The Balaban J connectivity index is 1.73. The average molecular weight is 313 g/mol. The number of rotatable bonds is 4. The van der Waals surface area contributed by atoms with Gasteiger partial charge in [-0.2, -0.15) is 0 Å². The maximum atomic E-state index is 11.9. The van der Waals surface area contributed by atoms with Crippen molar-refractivity contribution in [1.29, 1.82) is 0 Å². The predicted molar refractivity (Wildman–Crippen MR) is 84.7 cm³/mol. The van der Waals surface area contributed by atoms with E-state index in [1.807, 2.05) is 20.8 Å². The van der Waals surface area contributed by atoms with Crippen molar-refractivity contribution in [2.45, 2.75) is 103 Å². The Kier molecular flexibility index (Phi) is 6.09. The molecule has 1 amide bonds. The van der Waals surface area contributed by atoms with Crippen LogP contribution in [0, 0.1) is 0 Å². The maximum absolute atomic E-state index is 11.9. The van der Waals surface area contributed by atoms with Gasteiger partial charge in [0.15, 0.2) is 6.29 Å². The number of hydrogen-bond acceptors (Lipinski definition) is 4. The topological polar surface area (TPSA) is 56.8 Å². The number of nitrogens with one attached hydrogen (secondary N) is 1.